The maximum atomic E-state index is 3.71. The Balaban J connectivity index is 1.85. The molecule has 0 saturated heterocycles. The zero-order chi connectivity index (χ0) is 14.4. The molecule has 0 heterocycles. The normalized spacial score (nSPS) is 22.6. The first-order valence-electron chi connectivity index (χ1n) is 8.25. The van der Waals surface area contributed by atoms with Gasteiger partial charge >= 0.3 is 0 Å². The van der Waals surface area contributed by atoms with Crippen LogP contribution in [0.3, 0.4) is 0 Å². The molecule has 0 unspecified atom stereocenters. The summed E-state index contributed by atoms with van der Waals surface area (Å²) >= 11 is 0. The fourth-order valence-corrected chi connectivity index (χ4v) is 4.53. The Hall–Kier alpha value is -0.820. The van der Waals surface area contributed by atoms with Crippen molar-refractivity contribution >= 4 is 0 Å². The maximum Gasteiger partial charge on any atom is 0.00886 e. The van der Waals surface area contributed by atoms with Gasteiger partial charge in [-0.3, -0.25) is 0 Å². The van der Waals surface area contributed by atoms with Gasteiger partial charge in [0, 0.05) is 18.0 Å². The number of nitrogens with one attached hydrogen (secondary N) is 1. The van der Waals surface area contributed by atoms with Crippen molar-refractivity contribution in [1.29, 1.82) is 0 Å². The molecule has 0 amide bonds. The van der Waals surface area contributed by atoms with E-state index in [-0.39, 0.29) is 0 Å². The molecule has 0 aromatic heterocycles. The van der Waals surface area contributed by atoms with Crippen molar-refractivity contribution in [3.05, 3.63) is 34.9 Å². The predicted octanol–water partition coefficient (Wildman–Crippen LogP) is 4.50. The van der Waals surface area contributed by atoms with E-state index in [1.54, 1.807) is 5.56 Å². The van der Waals surface area contributed by atoms with Crippen molar-refractivity contribution in [3.8, 4) is 0 Å². The molecule has 3 rings (SSSR count). The Morgan fingerprint density at radius 2 is 1.65 bits per heavy atom. The van der Waals surface area contributed by atoms with Crippen molar-refractivity contribution in [2.45, 2.75) is 71.3 Å². The summed E-state index contributed by atoms with van der Waals surface area (Å²) in [5.74, 6) is 0. The second kappa shape index (κ2) is 4.87. The summed E-state index contributed by atoms with van der Waals surface area (Å²) in [4.78, 5) is 0. The van der Waals surface area contributed by atoms with Crippen LogP contribution in [0.15, 0.2) is 18.2 Å². The number of hydrogen-bond donors (Lipinski definition) is 1. The number of benzene rings is 1. The summed E-state index contributed by atoms with van der Waals surface area (Å²) in [6.45, 7) is 10.1. The van der Waals surface area contributed by atoms with Gasteiger partial charge in [0.25, 0.3) is 0 Å². The highest BCUT2D eigenvalue weighted by atomic mass is 14.9. The fraction of sp³-hybridized carbons (Fsp3) is 0.684. The first-order chi connectivity index (χ1) is 9.43. The molecule has 1 spiro atoms. The van der Waals surface area contributed by atoms with E-state index in [2.05, 4.69) is 51.2 Å². The smallest absolute Gasteiger partial charge is 0.00886 e. The Bertz CT molecular complexity index is 468. The van der Waals surface area contributed by atoms with Gasteiger partial charge in [0.05, 0.1) is 0 Å². The molecule has 1 N–H and O–H groups in total. The van der Waals surface area contributed by atoms with E-state index in [4.69, 9.17) is 0 Å². The Labute approximate surface area is 124 Å². The van der Waals surface area contributed by atoms with Crippen LogP contribution in [-0.2, 0) is 5.41 Å². The molecule has 20 heavy (non-hydrogen) atoms. The van der Waals surface area contributed by atoms with Gasteiger partial charge in [0.2, 0.25) is 0 Å². The van der Waals surface area contributed by atoms with Gasteiger partial charge < -0.3 is 5.32 Å². The topological polar surface area (TPSA) is 12.0 Å². The molecular formula is C19H29N. The number of rotatable bonds is 4. The van der Waals surface area contributed by atoms with Crippen LogP contribution in [0, 0.1) is 19.3 Å². The maximum absolute atomic E-state index is 3.71. The van der Waals surface area contributed by atoms with Crippen molar-refractivity contribution in [3.63, 3.8) is 0 Å². The molecule has 1 nitrogen and oxygen atoms in total. The molecule has 1 aromatic rings. The van der Waals surface area contributed by atoms with E-state index in [1.807, 2.05) is 0 Å². The summed E-state index contributed by atoms with van der Waals surface area (Å²) in [6.07, 6.45) is 7.22. The second-order valence-electron chi connectivity index (χ2n) is 7.90. The van der Waals surface area contributed by atoms with E-state index >= 15 is 0 Å². The van der Waals surface area contributed by atoms with Gasteiger partial charge in [-0.1, -0.05) is 49.6 Å². The van der Waals surface area contributed by atoms with E-state index in [0.717, 1.165) is 12.0 Å². The Morgan fingerprint density at radius 3 is 2.10 bits per heavy atom. The first-order valence-corrected chi connectivity index (χ1v) is 8.25. The molecular weight excluding hydrogens is 242 g/mol. The minimum atomic E-state index is 0.404. The van der Waals surface area contributed by atoms with Crippen LogP contribution < -0.4 is 5.32 Å². The number of hydrogen-bond acceptors (Lipinski definition) is 1. The van der Waals surface area contributed by atoms with Gasteiger partial charge in [-0.25, -0.2) is 0 Å². The molecule has 2 aliphatic carbocycles. The third kappa shape index (κ3) is 2.41. The zero-order valence-electron chi connectivity index (χ0n) is 13.6. The average molecular weight is 271 g/mol. The van der Waals surface area contributed by atoms with Crippen molar-refractivity contribution in [2.24, 2.45) is 5.41 Å². The van der Waals surface area contributed by atoms with Gasteiger partial charge in [0.1, 0.15) is 0 Å². The largest absolute Gasteiger partial charge is 0.314 e. The summed E-state index contributed by atoms with van der Waals surface area (Å²) in [6, 6.07) is 7.74. The molecule has 2 aliphatic rings. The quantitative estimate of drug-likeness (QED) is 0.850. The summed E-state index contributed by atoms with van der Waals surface area (Å²) in [7, 11) is 0. The molecule has 0 radical (unpaired) electrons. The van der Waals surface area contributed by atoms with Crippen LogP contribution in [0.25, 0.3) is 0 Å². The SMILES string of the molecule is Cc1cc(C)cc(C2(CNC(C)C)CC3(CCC3)C2)c1. The summed E-state index contributed by atoms with van der Waals surface area (Å²) < 4.78 is 0. The highest BCUT2D eigenvalue weighted by Crippen LogP contribution is 2.64. The molecule has 0 atom stereocenters. The van der Waals surface area contributed by atoms with E-state index in [1.165, 1.54) is 43.2 Å². The summed E-state index contributed by atoms with van der Waals surface area (Å²) in [5, 5.41) is 3.71. The van der Waals surface area contributed by atoms with Gasteiger partial charge in [-0.15, -0.1) is 0 Å². The summed E-state index contributed by atoms with van der Waals surface area (Å²) in [5.41, 5.74) is 5.54. The van der Waals surface area contributed by atoms with Crippen molar-refractivity contribution < 1.29 is 0 Å². The van der Waals surface area contributed by atoms with Crippen LogP contribution in [0.4, 0.5) is 0 Å². The van der Waals surface area contributed by atoms with E-state index < -0.39 is 0 Å². The molecule has 110 valence electrons. The third-order valence-electron chi connectivity index (χ3n) is 5.52. The lowest BCUT2D eigenvalue weighted by molar-refractivity contribution is -0.0489. The Kier molecular flexibility index (Phi) is 3.44. The standard InChI is InChI=1S/C19H29N/c1-14(2)20-13-19(11-18(12-19)6-5-7-18)17-9-15(3)8-16(4)10-17/h8-10,14,20H,5-7,11-13H2,1-4H3. The van der Waals surface area contributed by atoms with Crippen LogP contribution >= 0.6 is 0 Å². The minimum absolute atomic E-state index is 0.404. The third-order valence-corrected chi connectivity index (χ3v) is 5.52. The molecule has 1 aromatic carbocycles. The van der Waals surface area contributed by atoms with E-state index in [9.17, 15) is 0 Å². The minimum Gasteiger partial charge on any atom is -0.314 e. The van der Waals surface area contributed by atoms with Gasteiger partial charge in [-0.05, 0) is 50.5 Å². The van der Waals surface area contributed by atoms with Crippen LogP contribution in [0.5, 0.6) is 0 Å². The lowest BCUT2D eigenvalue weighted by atomic mass is 9.43. The van der Waals surface area contributed by atoms with E-state index in [0.29, 0.717) is 11.5 Å². The van der Waals surface area contributed by atoms with Gasteiger partial charge in [0.15, 0.2) is 0 Å². The van der Waals surface area contributed by atoms with Crippen LogP contribution in [0.2, 0.25) is 0 Å². The van der Waals surface area contributed by atoms with Gasteiger partial charge in [-0.2, -0.15) is 0 Å². The molecule has 0 bridgehead atoms. The second-order valence-corrected chi connectivity index (χ2v) is 7.90. The average Bonchev–Trinajstić information content (AvgIpc) is 2.23. The zero-order valence-corrected chi connectivity index (χ0v) is 13.6. The molecule has 0 aliphatic heterocycles. The van der Waals surface area contributed by atoms with Crippen LogP contribution in [-0.4, -0.2) is 12.6 Å². The van der Waals surface area contributed by atoms with Crippen molar-refractivity contribution in [2.75, 3.05) is 6.54 Å². The molecule has 2 fully saturated rings. The monoisotopic (exact) mass is 271 g/mol. The fourth-order valence-electron chi connectivity index (χ4n) is 4.53. The molecule has 1 heteroatoms. The first kappa shape index (κ1) is 14.1. The lowest BCUT2D eigenvalue weighted by Gasteiger charge is -2.62. The number of aryl methyl sites for hydroxylation is 2. The Morgan fingerprint density at radius 1 is 1.05 bits per heavy atom. The highest BCUT2D eigenvalue weighted by Gasteiger charge is 2.57. The predicted molar refractivity (Wildman–Crippen MR) is 86.3 cm³/mol. The van der Waals surface area contributed by atoms with Crippen molar-refractivity contribution in [1.82, 2.24) is 5.32 Å². The van der Waals surface area contributed by atoms with Crippen LogP contribution in [0.1, 0.15) is 62.6 Å². The lowest BCUT2D eigenvalue weighted by Crippen LogP contribution is -2.58. The highest BCUT2D eigenvalue weighted by molar-refractivity contribution is 5.38. The molecule has 2 saturated carbocycles.